The lowest BCUT2D eigenvalue weighted by Crippen LogP contribution is -2.52. The third-order valence-electron chi connectivity index (χ3n) is 4.48. The lowest BCUT2D eigenvalue weighted by Gasteiger charge is -2.37. The number of ether oxygens (including phenoxy) is 6. The number of nitriles is 6. The van der Waals surface area contributed by atoms with Crippen LogP contribution in [0.1, 0.15) is 38.5 Å². The van der Waals surface area contributed by atoms with Crippen molar-refractivity contribution in [2.45, 2.75) is 62.9 Å². The van der Waals surface area contributed by atoms with E-state index < -0.39 is 24.4 Å². The van der Waals surface area contributed by atoms with Crippen molar-refractivity contribution in [1.29, 1.82) is 31.6 Å². The molecule has 194 valence electrons. The van der Waals surface area contributed by atoms with Crippen LogP contribution >= 0.6 is 0 Å². The fourth-order valence-corrected chi connectivity index (χ4v) is 2.93. The van der Waals surface area contributed by atoms with Gasteiger partial charge in [0.05, 0.1) is 128 Å². The molecule has 0 fully saturated rings. The summed E-state index contributed by atoms with van der Waals surface area (Å²) < 4.78 is 35.0. The number of rotatable bonds is 23. The highest BCUT2D eigenvalue weighted by atomic mass is 16.6. The van der Waals surface area contributed by atoms with E-state index >= 15 is 0 Å². The van der Waals surface area contributed by atoms with Crippen molar-refractivity contribution >= 4 is 0 Å². The first kappa shape index (κ1) is 32.7. The minimum absolute atomic E-state index is 0.00262. The van der Waals surface area contributed by atoms with Gasteiger partial charge in [-0.2, -0.15) is 31.6 Å². The van der Waals surface area contributed by atoms with Crippen LogP contribution in [-0.2, 0) is 28.4 Å². The van der Waals surface area contributed by atoms with Crippen LogP contribution in [0.2, 0.25) is 0 Å². The minimum atomic E-state index is -0.871. The summed E-state index contributed by atoms with van der Waals surface area (Å²) in [5.41, 5.74) is 0. The Hall–Kier alpha value is -3.30. The van der Waals surface area contributed by atoms with Gasteiger partial charge in [-0.1, -0.05) is 0 Å². The van der Waals surface area contributed by atoms with Crippen molar-refractivity contribution in [3.05, 3.63) is 0 Å². The Kier molecular flexibility index (Phi) is 22.5. The highest BCUT2D eigenvalue weighted by molar-refractivity contribution is 4.88. The van der Waals surface area contributed by atoms with Crippen molar-refractivity contribution in [2.75, 3.05) is 52.9 Å². The third-order valence-corrected chi connectivity index (χ3v) is 4.48. The van der Waals surface area contributed by atoms with E-state index in [9.17, 15) is 0 Å². The van der Waals surface area contributed by atoms with E-state index in [1.165, 1.54) is 0 Å². The summed E-state index contributed by atoms with van der Waals surface area (Å²) >= 11 is 0. The maximum absolute atomic E-state index is 9.00. The van der Waals surface area contributed by atoms with Gasteiger partial charge in [0.2, 0.25) is 0 Å². The number of hydrogen-bond acceptors (Lipinski definition) is 12. The van der Waals surface area contributed by atoms with Gasteiger partial charge < -0.3 is 28.4 Å². The molecule has 0 radical (unpaired) electrons. The predicted octanol–water partition coefficient (Wildman–Crippen LogP) is 2.04. The van der Waals surface area contributed by atoms with Crippen molar-refractivity contribution in [2.24, 2.45) is 0 Å². The Bertz CT molecular complexity index is 748. The molecule has 0 spiro atoms. The van der Waals surface area contributed by atoms with Crippen LogP contribution in [0.5, 0.6) is 0 Å². The molecule has 0 heterocycles. The fourth-order valence-electron chi connectivity index (χ4n) is 2.93. The zero-order chi connectivity index (χ0) is 26.7. The molecule has 0 aliphatic heterocycles. The second-order valence-corrected chi connectivity index (χ2v) is 7.09. The first-order chi connectivity index (χ1) is 17.7. The molecule has 0 amide bonds. The van der Waals surface area contributed by atoms with E-state index in [0.717, 1.165) is 0 Å². The lowest BCUT2D eigenvalue weighted by atomic mass is 10.0. The quantitative estimate of drug-likeness (QED) is 0.185. The fraction of sp³-hybridized carbons (Fsp3) is 0.750. The molecule has 0 aromatic rings. The second kappa shape index (κ2) is 24.8. The molecule has 0 N–H and O–H groups in total. The number of hydrogen-bond donors (Lipinski definition) is 0. The summed E-state index contributed by atoms with van der Waals surface area (Å²) in [6.45, 7) is 0.531. The van der Waals surface area contributed by atoms with Crippen LogP contribution in [0.25, 0.3) is 0 Å². The Morgan fingerprint density at radius 1 is 0.389 bits per heavy atom. The molecular formula is C24H32N6O6. The maximum atomic E-state index is 9.00. The molecule has 0 aliphatic rings. The Morgan fingerprint density at radius 2 is 0.667 bits per heavy atom. The third kappa shape index (κ3) is 16.3. The van der Waals surface area contributed by atoms with Crippen LogP contribution in [0.3, 0.4) is 0 Å². The van der Waals surface area contributed by atoms with Gasteiger partial charge in [0, 0.05) is 0 Å². The summed E-state index contributed by atoms with van der Waals surface area (Å²) in [6, 6.07) is 12.0. The van der Waals surface area contributed by atoms with E-state index in [4.69, 9.17) is 60.0 Å². The van der Waals surface area contributed by atoms with E-state index in [0.29, 0.717) is 0 Å². The topological polar surface area (TPSA) is 198 Å². The molecule has 4 atom stereocenters. The SMILES string of the molecule is N#CCCOC[C@H](OCCC#N)[C@@H](OCCC#N)[C@H](OCCC#N)[C@@H](COCCC#N)OCCC#N. The zero-order valence-electron chi connectivity index (χ0n) is 20.3. The van der Waals surface area contributed by atoms with E-state index in [1.807, 2.05) is 36.4 Å². The Morgan fingerprint density at radius 3 is 0.972 bits per heavy atom. The van der Waals surface area contributed by atoms with Crippen LogP contribution in [0.15, 0.2) is 0 Å². The molecule has 0 bridgehead atoms. The van der Waals surface area contributed by atoms with Crippen molar-refractivity contribution in [3.63, 3.8) is 0 Å². The minimum Gasteiger partial charge on any atom is -0.378 e. The monoisotopic (exact) mass is 500 g/mol. The van der Waals surface area contributed by atoms with Crippen LogP contribution in [0, 0.1) is 68.0 Å². The van der Waals surface area contributed by atoms with Crippen LogP contribution in [0.4, 0.5) is 0 Å². The molecule has 12 heteroatoms. The van der Waals surface area contributed by atoms with E-state index in [1.54, 1.807) is 0 Å². The Balaban J connectivity index is 6.02. The van der Waals surface area contributed by atoms with Gasteiger partial charge >= 0.3 is 0 Å². The molecule has 0 aromatic heterocycles. The summed E-state index contributed by atoms with van der Waals surface area (Å²) in [5.74, 6) is 0. The zero-order valence-corrected chi connectivity index (χ0v) is 20.3. The second-order valence-electron chi connectivity index (χ2n) is 7.09. The normalized spacial score (nSPS) is 13.5. The van der Waals surface area contributed by atoms with Crippen LogP contribution in [-0.4, -0.2) is 77.3 Å². The van der Waals surface area contributed by atoms with Gasteiger partial charge in [-0.25, -0.2) is 0 Å². The van der Waals surface area contributed by atoms with Gasteiger partial charge in [-0.3, -0.25) is 0 Å². The predicted molar refractivity (Wildman–Crippen MR) is 122 cm³/mol. The standard InChI is InChI=1S/C24H32N6O6/c25-7-1-13-31-19-21(33-15-3-9-27)23(35-17-5-11-29)24(36-18-6-12-30)22(34-16-4-10-28)20-32-14-2-8-26/h21-24H,1-6,13-20H2/t21-,22+,23-,24-/m1/s1. The molecule has 0 unspecified atom stereocenters. The van der Waals surface area contributed by atoms with Crippen molar-refractivity contribution < 1.29 is 28.4 Å². The maximum Gasteiger partial charge on any atom is 0.115 e. The van der Waals surface area contributed by atoms with Gasteiger partial charge in [-0.05, 0) is 0 Å². The van der Waals surface area contributed by atoms with Gasteiger partial charge in [0.1, 0.15) is 24.4 Å². The summed E-state index contributed by atoms with van der Waals surface area (Å²) in [6.07, 6.45) is -2.57. The molecule has 12 nitrogen and oxygen atoms in total. The molecule has 36 heavy (non-hydrogen) atoms. The van der Waals surface area contributed by atoms with Gasteiger partial charge in [0.15, 0.2) is 0 Å². The van der Waals surface area contributed by atoms with Crippen molar-refractivity contribution in [3.8, 4) is 36.4 Å². The molecule has 0 rings (SSSR count). The molecule has 0 saturated heterocycles. The van der Waals surface area contributed by atoms with Gasteiger partial charge in [-0.15, -0.1) is 0 Å². The van der Waals surface area contributed by atoms with Crippen LogP contribution < -0.4 is 0 Å². The first-order valence-electron chi connectivity index (χ1n) is 11.5. The average Bonchev–Trinajstić information content (AvgIpc) is 2.88. The number of nitrogens with zero attached hydrogens (tertiary/aromatic N) is 6. The highest BCUT2D eigenvalue weighted by Gasteiger charge is 2.38. The van der Waals surface area contributed by atoms with Crippen molar-refractivity contribution in [1.82, 2.24) is 0 Å². The van der Waals surface area contributed by atoms with E-state index in [-0.39, 0.29) is 91.4 Å². The van der Waals surface area contributed by atoms with E-state index in [2.05, 4.69) is 0 Å². The molecule has 0 aromatic carbocycles. The Labute approximate surface area is 212 Å². The summed E-state index contributed by atoms with van der Waals surface area (Å²) in [5, 5.41) is 53.4. The first-order valence-corrected chi connectivity index (χ1v) is 11.5. The molecule has 0 aliphatic carbocycles. The molecular weight excluding hydrogens is 468 g/mol. The highest BCUT2D eigenvalue weighted by Crippen LogP contribution is 2.21. The molecule has 0 saturated carbocycles. The lowest BCUT2D eigenvalue weighted by molar-refractivity contribution is -0.195. The summed E-state index contributed by atoms with van der Waals surface area (Å²) in [4.78, 5) is 0. The van der Waals surface area contributed by atoms with Gasteiger partial charge in [0.25, 0.3) is 0 Å². The smallest absolute Gasteiger partial charge is 0.115 e. The summed E-state index contributed by atoms with van der Waals surface area (Å²) in [7, 11) is 0. The average molecular weight is 501 g/mol. The largest absolute Gasteiger partial charge is 0.378 e.